The molecular weight excluding hydrogens is 833 g/mol. The SMILES string of the molecule is CC1(C)c2ccccc2-c2cc3c4c(-c5ccc6oc7cccc(-c8ccc9c(c8)c8cc%10c(cc8n9-c8ccccc8)sc8ccccc8%10)c7c6c5)cccc4n(-c4ccccc4)c3cc21. The molecule has 314 valence electrons. The molecule has 67 heavy (non-hydrogen) atoms. The molecule has 0 saturated heterocycles. The van der Waals surface area contributed by atoms with E-state index in [0.29, 0.717) is 0 Å². The predicted octanol–water partition coefficient (Wildman–Crippen LogP) is 17.8. The van der Waals surface area contributed by atoms with Crippen molar-refractivity contribution in [2.75, 3.05) is 0 Å². The quantitative estimate of drug-likeness (QED) is 0.173. The van der Waals surface area contributed by atoms with Gasteiger partial charge in [0, 0.05) is 69.3 Å². The molecule has 0 radical (unpaired) electrons. The van der Waals surface area contributed by atoms with Crippen molar-refractivity contribution in [3.8, 4) is 44.8 Å². The maximum absolute atomic E-state index is 6.72. The average Bonchev–Trinajstić information content (AvgIpc) is 4.16. The summed E-state index contributed by atoms with van der Waals surface area (Å²) >= 11 is 1.87. The number of benzene rings is 10. The normalized spacial score (nSPS) is 13.3. The first-order chi connectivity index (χ1) is 33.0. The van der Waals surface area contributed by atoms with Crippen molar-refractivity contribution in [2.24, 2.45) is 0 Å². The van der Waals surface area contributed by atoms with Crippen LogP contribution >= 0.6 is 11.3 Å². The largest absolute Gasteiger partial charge is 0.456 e. The number of furan rings is 1. The molecule has 4 heteroatoms. The number of nitrogens with zero attached hydrogens (tertiary/aromatic N) is 2. The minimum Gasteiger partial charge on any atom is -0.456 e. The molecule has 3 nitrogen and oxygen atoms in total. The summed E-state index contributed by atoms with van der Waals surface area (Å²) in [6.45, 7) is 4.74. The van der Waals surface area contributed by atoms with Gasteiger partial charge in [-0.3, -0.25) is 0 Å². The van der Waals surface area contributed by atoms with Crippen LogP contribution in [0.2, 0.25) is 0 Å². The predicted molar refractivity (Wildman–Crippen MR) is 284 cm³/mol. The first-order valence-electron chi connectivity index (χ1n) is 23.2. The third-order valence-electron chi connectivity index (χ3n) is 14.9. The molecule has 0 amide bonds. The van der Waals surface area contributed by atoms with E-state index in [4.69, 9.17) is 4.42 Å². The second-order valence-electron chi connectivity index (χ2n) is 18.8. The van der Waals surface area contributed by atoms with Crippen LogP contribution in [-0.2, 0) is 5.41 Å². The van der Waals surface area contributed by atoms with E-state index in [1.165, 1.54) is 97.2 Å². The van der Waals surface area contributed by atoms with E-state index in [-0.39, 0.29) is 5.41 Å². The summed E-state index contributed by atoms with van der Waals surface area (Å²) < 4.78 is 14.2. The summed E-state index contributed by atoms with van der Waals surface area (Å²) in [6.07, 6.45) is 0. The van der Waals surface area contributed by atoms with Crippen molar-refractivity contribution in [1.82, 2.24) is 9.13 Å². The molecule has 1 aliphatic rings. The molecule has 0 aliphatic heterocycles. The summed E-state index contributed by atoms with van der Waals surface area (Å²) in [4.78, 5) is 0. The van der Waals surface area contributed by atoms with Crippen molar-refractivity contribution < 1.29 is 4.42 Å². The fraction of sp³-hybridized carbons (Fsp3) is 0.0476. The molecule has 0 saturated carbocycles. The summed E-state index contributed by atoms with van der Waals surface area (Å²) in [7, 11) is 0. The zero-order valence-electron chi connectivity index (χ0n) is 36.8. The van der Waals surface area contributed by atoms with Gasteiger partial charge in [-0.15, -0.1) is 11.3 Å². The van der Waals surface area contributed by atoms with E-state index in [2.05, 4.69) is 229 Å². The van der Waals surface area contributed by atoms with Crippen molar-refractivity contribution in [3.63, 3.8) is 0 Å². The second kappa shape index (κ2) is 13.4. The number of rotatable bonds is 4. The first-order valence-corrected chi connectivity index (χ1v) is 24.0. The maximum atomic E-state index is 6.72. The minimum atomic E-state index is -0.110. The Bertz CT molecular complexity index is 4410. The molecule has 0 spiro atoms. The first kappa shape index (κ1) is 37.1. The molecule has 0 unspecified atom stereocenters. The fourth-order valence-electron chi connectivity index (χ4n) is 11.9. The van der Waals surface area contributed by atoms with Gasteiger partial charge in [0.1, 0.15) is 11.2 Å². The smallest absolute Gasteiger partial charge is 0.136 e. The third-order valence-corrected chi connectivity index (χ3v) is 16.0. The number of para-hydroxylation sites is 2. The van der Waals surface area contributed by atoms with Crippen LogP contribution in [0.4, 0.5) is 0 Å². The lowest BCUT2D eigenvalue weighted by Crippen LogP contribution is -2.14. The van der Waals surface area contributed by atoms with Crippen molar-refractivity contribution in [2.45, 2.75) is 19.3 Å². The van der Waals surface area contributed by atoms with E-state index < -0.39 is 0 Å². The van der Waals surface area contributed by atoms with Gasteiger partial charge in [-0.25, -0.2) is 0 Å². The zero-order chi connectivity index (χ0) is 44.1. The summed E-state index contributed by atoms with van der Waals surface area (Å²) in [5.74, 6) is 0. The number of hydrogen-bond donors (Lipinski definition) is 0. The second-order valence-corrected chi connectivity index (χ2v) is 19.9. The van der Waals surface area contributed by atoms with Crippen LogP contribution in [0.25, 0.3) is 130 Å². The highest BCUT2D eigenvalue weighted by molar-refractivity contribution is 7.25. The third kappa shape index (κ3) is 5.11. The molecule has 0 fully saturated rings. The zero-order valence-corrected chi connectivity index (χ0v) is 37.7. The van der Waals surface area contributed by atoms with Gasteiger partial charge >= 0.3 is 0 Å². The van der Waals surface area contributed by atoms with Gasteiger partial charge in [0.2, 0.25) is 0 Å². The van der Waals surface area contributed by atoms with Gasteiger partial charge in [0.25, 0.3) is 0 Å². The van der Waals surface area contributed by atoms with Gasteiger partial charge < -0.3 is 13.6 Å². The van der Waals surface area contributed by atoms with E-state index >= 15 is 0 Å². The summed E-state index contributed by atoms with van der Waals surface area (Å²) in [6, 6.07) is 76.3. The molecule has 0 atom stereocenters. The Morgan fingerprint density at radius 3 is 1.82 bits per heavy atom. The van der Waals surface area contributed by atoms with Crippen molar-refractivity contribution >= 4 is 97.1 Å². The average molecular weight is 873 g/mol. The molecule has 4 heterocycles. The topological polar surface area (TPSA) is 23.0 Å². The molecule has 15 rings (SSSR count). The minimum absolute atomic E-state index is 0.110. The summed E-state index contributed by atoms with van der Waals surface area (Å²) in [5.41, 5.74) is 18.9. The molecular formula is C63H40N2OS. The number of aromatic nitrogens is 2. The summed E-state index contributed by atoms with van der Waals surface area (Å²) in [5, 5.41) is 9.86. The molecule has 0 N–H and O–H groups in total. The lowest BCUT2D eigenvalue weighted by atomic mass is 9.82. The van der Waals surface area contributed by atoms with Crippen LogP contribution in [0, 0.1) is 0 Å². The number of fused-ring (bicyclic) bond motifs is 15. The standard InChI is InChI=1S/C63H40N2OS/c1-63(2)51-23-11-9-19-43(51)45-33-49-55(35-52(45)63)65(40-17-7-4-8-18-40)54-24-13-21-41(61(49)54)38-28-30-57-50(32-38)62-42(22-14-25-58(62)66-57)37-27-29-53-46(31-37)47-34-48-44-20-10-12-26-59(44)67-60(48)36-56(47)64(53)39-15-5-3-6-16-39/h3-36H,1-2H3. The van der Waals surface area contributed by atoms with Gasteiger partial charge in [0.15, 0.2) is 0 Å². The van der Waals surface area contributed by atoms with Crippen LogP contribution in [-0.4, -0.2) is 9.13 Å². The van der Waals surface area contributed by atoms with Crippen molar-refractivity contribution in [1.29, 1.82) is 0 Å². The van der Waals surface area contributed by atoms with E-state index in [0.717, 1.165) is 44.4 Å². The van der Waals surface area contributed by atoms with Gasteiger partial charge in [-0.05, 0) is 136 Å². The van der Waals surface area contributed by atoms with Gasteiger partial charge in [-0.2, -0.15) is 0 Å². The molecule has 10 aromatic carbocycles. The number of thiophene rings is 1. The van der Waals surface area contributed by atoms with Crippen LogP contribution < -0.4 is 0 Å². The molecule has 0 bridgehead atoms. The highest BCUT2D eigenvalue weighted by atomic mass is 32.1. The highest BCUT2D eigenvalue weighted by Gasteiger charge is 2.36. The monoisotopic (exact) mass is 872 g/mol. The Labute approximate surface area is 390 Å². The number of hydrogen-bond acceptors (Lipinski definition) is 2. The Balaban J connectivity index is 0.961. The molecule has 4 aromatic heterocycles. The Kier molecular flexibility index (Phi) is 7.44. The molecule has 1 aliphatic carbocycles. The van der Waals surface area contributed by atoms with Crippen LogP contribution in [0.15, 0.2) is 211 Å². The van der Waals surface area contributed by atoms with E-state index in [9.17, 15) is 0 Å². The fourth-order valence-corrected chi connectivity index (χ4v) is 13.0. The van der Waals surface area contributed by atoms with Gasteiger partial charge in [0.05, 0.1) is 22.1 Å². The van der Waals surface area contributed by atoms with E-state index in [1.54, 1.807) is 0 Å². The van der Waals surface area contributed by atoms with E-state index in [1.807, 2.05) is 11.3 Å². The Hall–Kier alpha value is -8.18. The van der Waals surface area contributed by atoms with Crippen molar-refractivity contribution in [3.05, 3.63) is 217 Å². The maximum Gasteiger partial charge on any atom is 0.136 e. The van der Waals surface area contributed by atoms with Crippen LogP contribution in [0.5, 0.6) is 0 Å². The Morgan fingerprint density at radius 1 is 0.358 bits per heavy atom. The lowest BCUT2D eigenvalue weighted by molar-refractivity contribution is 0.661. The lowest BCUT2D eigenvalue weighted by Gasteiger charge is -2.21. The van der Waals surface area contributed by atoms with Gasteiger partial charge in [-0.1, -0.05) is 129 Å². The van der Waals surface area contributed by atoms with Crippen LogP contribution in [0.3, 0.4) is 0 Å². The Morgan fingerprint density at radius 2 is 1.00 bits per heavy atom. The van der Waals surface area contributed by atoms with Crippen LogP contribution in [0.1, 0.15) is 25.0 Å². The molecule has 14 aromatic rings. The highest BCUT2D eigenvalue weighted by Crippen LogP contribution is 2.52.